The molecule has 108 valence electrons. The number of hydrogen-bond donors (Lipinski definition) is 1. The van der Waals surface area contributed by atoms with Gasteiger partial charge in [0.2, 0.25) is 0 Å². The molecule has 0 aliphatic heterocycles. The monoisotopic (exact) mass is 298 g/mol. The SMILES string of the molecule is Cc1ccccc1CN(C)C(=O)c1sccc1C#CCN. The van der Waals surface area contributed by atoms with E-state index in [2.05, 4.69) is 24.8 Å². The Kier molecular flexibility index (Phi) is 5.15. The van der Waals surface area contributed by atoms with E-state index in [1.54, 1.807) is 4.90 Å². The van der Waals surface area contributed by atoms with Crippen molar-refractivity contribution in [3.63, 3.8) is 0 Å². The zero-order chi connectivity index (χ0) is 15.2. The third-order valence-electron chi connectivity index (χ3n) is 3.20. The van der Waals surface area contributed by atoms with Crippen LogP contribution in [0, 0.1) is 18.8 Å². The summed E-state index contributed by atoms with van der Waals surface area (Å²) in [4.78, 5) is 14.9. The van der Waals surface area contributed by atoms with E-state index in [9.17, 15) is 4.79 Å². The van der Waals surface area contributed by atoms with Crippen molar-refractivity contribution >= 4 is 17.2 Å². The summed E-state index contributed by atoms with van der Waals surface area (Å²) >= 11 is 1.42. The molecule has 1 aromatic carbocycles. The number of amides is 1. The first-order valence-corrected chi connectivity index (χ1v) is 7.58. The number of thiophene rings is 1. The molecule has 0 radical (unpaired) electrons. The van der Waals surface area contributed by atoms with Gasteiger partial charge in [-0.2, -0.15) is 0 Å². The van der Waals surface area contributed by atoms with Gasteiger partial charge in [-0.25, -0.2) is 0 Å². The molecule has 0 aliphatic rings. The fraction of sp³-hybridized carbons (Fsp3) is 0.235. The van der Waals surface area contributed by atoms with Gasteiger partial charge in [-0.1, -0.05) is 36.1 Å². The van der Waals surface area contributed by atoms with Crippen molar-refractivity contribution < 1.29 is 4.79 Å². The van der Waals surface area contributed by atoms with E-state index in [1.165, 1.54) is 16.9 Å². The molecule has 4 heteroatoms. The molecule has 2 N–H and O–H groups in total. The molecular weight excluding hydrogens is 280 g/mol. The summed E-state index contributed by atoms with van der Waals surface area (Å²) < 4.78 is 0. The topological polar surface area (TPSA) is 46.3 Å². The van der Waals surface area contributed by atoms with Crippen LogP contribution in [0.5, 0.6) is 0 Å². The molecule has 1 aromatic heterocycles. The number of benzene rings is 1. The van der Waals surface area contributed by atoms with Crippen molar-refractivity contribution in [1.82, 2.24) is 4.90 Å². The lowest BCUT2D eigenvalue weighted by atomic mass is 10.1. The van der Waals surface area contributed by atoms with Crippen LogP contribution in [-0.2, 0) is 6.54 Å². The van der Waals surface area contributed by atoms with Crippen LogP contribution in [0.2, 0.25) is 0 Å². The lowest BCUT2D eigenvalue weighted by Gasteiger charge is -2.18. The molecule has 0 fully saturated rings. The summed E-state index contributed by atoms with van der Waals surface area (Å²) in [6, 6.07) is 9.95. The van der Waals surface area contributed by atoms with Gasteiger partial charge in [0, 0.05) is 19.2 Å². The molecule has 0 bridgehead atoms. The number of carbonyl (C=O) groups is 1. The summed E-state index contributed by atoms with van der Waals surface area (Å²) in [5.41, 5.74) is 8.48. The third kappa shape index (κ3) is 3.72. The maximum Gasteiger partial charge on any atom is 0.265 e. The molecule has 21 heavy (non-hydrogen) atoms. The van der Waals surface area contributed by atoms with E-state index in [0.717, 1.165) is 11.1 Å². The van der Waals surface area contributed by atoms with Crippen molar-refractivity contribution in [1.29, 1.82) is 0 Å². The zero-order valence-corrected chi connectivity index (χ0v) is 13.0. The maximum absolute atomic E-state index is 12.5. The first-order chi connectivity index (χ1) is 10.1. The maximum atomic E-state index is 12.5. The highest BCUT2D eigenvalue weighted by Crippen LogP contribution is 2.19. The molecule has 0 unspecified atom stereocenters. The first-order valence-electron chi connectivity index (χ1n) is 6.70. The standard InChI is InChI=1S/C17H18N2OS/c1-13-6-3-4-7-15(13)12-19(2)17(20)16-14(8-5-10-18)9-11-21-16/h3-4,6-7,9,11H,10,12,18H2,1-2H3. The van der Waals surface area contributed by atoms with Gasteiger partial charge in [-0.15, -0.1) is 11.3 Å². The Bertz CT molecular complexity index is 694. The average Bonchev–Trinajstić information content (AvgIpc) is 2.95. The summed E-state index contributed by atoms with van der Waals surface area (Å²) in [6.45, 7) is 2.94. The highest BCUT2D eigenvalue weighted by atomic mass is 32.1. The van der Waals surface area contributed by atoms with Gasteiger partial charge in [-0.3, -0.25) is 4.79 Å². The van der Waals surface area contributed by atoms with Crippen LogP contribution in [0.1, 0.15) is 26.4 Å². The highest BCUT2D eigenvalue weighted by molar-refractivity contribution is 7.12. The van der Waals surface area contributed by atoms with Gasteiger partial charge in [0.25, 0.3) is 5.91 Å². The molecule has 1 heterocycles. The number of rotatable bonds is 3. The van der Waals surface area contributed by atoms with Crippen LogP contribution < -0.4 is 5.73 Å². The van der Waals surface area contributed by atoms with Crippen LogP contribution in [-0.4, -0.2) is 24.4 Å². The molecule has 3 nitrogen and oxygen atoms in total. The number of carbonyl (C=O) groups excluding carboxylic acids is 1. The summed E-state index contributed by atoms with van der Waals surface area (Å²) in [6.07, 6.45) is 0. The van der Waals surface area contributed by atoms with E-state index in [0.29, 0.717) is 18.0 Å². The fourth-order valence-corrected chi connectivity index (χ4v) is 2.85. The van der Waals surface area contributed by atoms with Crippen molar-refractivity contribution in [2.75, 3.05) is 13.6 Å². The fourth-order valence-electron chi connectivity index (χ4n) is 2.01. The second kappa shape index (κ2) is 7.07. The molecule has 2 rings (SSSR count). The first kappa shape index (κ1) is 15.3. The number of nitrogens with two attached hydrogens (primary N) is 1. The summed E-state index contributed by atoms with van der Waals surface area (Å²) in [7, 11) is 1.81. The zero-order valence-electron chi connectivity index (χ0n) is 12.2. The smallest absolute Gasteiger partial charge is 0.265 e. The Labute approximate surface area is 129 Å². The van der Waals surface area contributed by atoms with E-state index in [4.69, 9.17) is 5.73 Å². The van der Waals surface area contributed by atoms with Crippen LogP contribution in [0.4, 0.5) is 0 Å². The predicted octanol–water partition coefficient (Wildman–Crippen LogP) is 2.64. The molecule has 1 amide bonds. The molecule has 2 aromatic rings. The quantitative estimate of drug-likeness (QED) is 0.886. The van der Waals surface area contributed by atoms with E-state index >= 15 is 0 Å². The van der Waals surface area contributed by atoms with Crippen LogP contribution in [0.15, 0.2) is 35.7 Å². The van der Waals surface area contributed by atoms with Crippen molar-refractivity contribution in [3.8, 4) is 11.8 Å². The third-order valence-corrected chi connectivity index (χ3v) is 4.10. The van der Waals surface area contributed by atoms with Gasteiger partial charge in [0.05, 0.1) is 6.54 Å². The van der Waals surface area contributed by atoms with E-state index < -0.39 is 0 Å². The summed E-state index contributed by atoms with van der Waals surface area (Å²) in [5, 5.41) is 1.88. The van der Waals surface area contributed by atoms with E-state index in [1.807, 2.05) is 36.7 Å². The Morgan fingerprint density at radius 2 is 2.10 bits per heavy atom. The van der Waals surface area contributed by atoms with Crippen LogP contribution in [0.25, 0.3) is 0 Å². The van der Waals surface area contributed by atoms with Gasteiger partial charge in [0.15, 0.2) is 0 Å². The average molecular weight is 298 g/mol. The van der Waals surface area contributed by atoms with Crippen molar-refractivity contribution in [2.24, 2.45) is 5.73 Å². The molecule has 0 saturated carbocycles. The second-order valence-corrected chi connectivity index (χ2v) is 5.67. The normalized spacial score (nSPS) is 9.86. The van der Waals surface area contributed by atoms with Gasteiger partial charge in [-0.05, 0) is 29.5 Å². The van der Waals surface area contributed by atoms with Crippen LogP contribution >= 0.6 is 11.3 Å². The van der Waals surface area contributed by atoms with Gasteiger partial charge in [0.1, 0.15) is 4.88 Å². The molecule has 0 saturated heterocycles. The number of hydrogen-bond acceptors (Lipinski definition) is 3. The Morgan fingerprint density at radius 1 is 1.33 bits per heavy atom. The van der Waals surface area contributed by atoms with Gasteiger partial charge >= 0.3 is 0 Å². The largest absolute Gasteiger partial charge is 0.337 e. The van der Waals surface area contributed by atoms with Crippen molar-refractivity contribution in [3.05, 3.63) is 57.3 Å². The number of nitrogens with zero attached hydrogens (tertiary/aromatic N) is 1. The molecular formula is C17H18N2OS. The lowest BCUT2D eigenvalue weighted by Crippen LogP contribution is -2.26. The van der Waals surface area contributed by atoms with E-state index in [-0.39, 0.29) is 5.91 Å². The van der Waals surface area contributed by atoms with Crippen molar-refractivity contribution in [2.45, 2.75) is 13.5 Å². The second-order valence-electron chi connectivity index (χ2n) is 4.76. The molecule has 0 atom stereocenters. The molecule has 0 aliphatic carbocycles. The Hall–Kier alpha value is -2.09. The minimum Gasteiger partial charge on any atom is -0.337 e. The molecule has 0 spiro atoms. The van der Waals surface area contributed by atoms with Crippen LogP contribution in [0.3, 0.4) is 0 Å². The minimum absolute atomic E-state index is 0.00502. The van der Waals surface area contributed by atoms with Gasteiger partial charge < -0.3 is 10.6 Å². The minimum atomic E-state index is -0.00502. The Morgan fingerprint density at radius 3 is 2.81 bits per heavy atom. The highest BCUT2D eigenvalue weighted by Gasteiger charge is 2.17. The predicted molar refractivity (Wildman–Crippen MR) is 87.2 cm³/mol. The lowest BCUT2D eigenvalue weighted by molar-refractivity contribution is 0.0789. The summed E-state index contributed by atoms with van der Waals surface area (Å²) in [5.74, 6) is 5.74. The Balaban J connectivity index is 2.17. The number of aryl methyl sites for hydroxylation is 1.